The van der Waals surface area contributed by atoms with E-state index >= 15 is 0 Å². The average molecular weight is 311 g/mol. The fraction of sp³-hybridized carbons (Fsp3) is 0.118. The van der Waals surface area contributed by atoms with Gasteiger partial charge in [-0.2, -0.15) is 4.74 Å². The van der Waals surface area contributed by atoms with E-state index in [1.54, 1.807) is 25.3 Å². The molecule has 3 aromatic rings. The number of allylic oxidation sites excluding steroid dienone is 1. The quantitative estimate of drug-likeness (QED) is 0.694. The van der Waals surface area contributed by atoms with Crippen LogP contribution in [-0.2, 0) is 6.54 Å². The number of hydrogen-bond acceptors (Lipinski definition) is 4. The molecule has 0 aliphatic rings. The summed E-state index contributed by atoms with van der Waals surface area (Å²) in [6, 6.07) is 7.38. The van der Waals surface area contributed by atoms with E-state index in [0.717, 1.165) is 0 Å². The second-order valence-electron chi connectivity index (χ2n) is 4.95. The fourth-order valence-electron chi connectivity index (χ4n) is 2.37. The summed E-state index contributed by atoms with van der Waals surface area (Å²) in [6.07, 6.45) is 3.23. The van der Waals surface area contributed by atoms with Gasteiger partial charge in [0.2, 0.25) is 0 Å². The Kier molecular flexibility index (Phi) is 3.89. The first-order chi connectivity index (χ1) is 11.1. The van der Waals surface area contributed by atoms with E-state index in [9.17, 15) is 9.18 Å². The van der Waals surface area contributed by atoms with Crippen molar-refractivity contribution in [3.05, 3.63) is 71.2 Å². The molecule has 2 heterocycles. The number of benzene rings is 1. The molecule has 6 heteroatoms. The molecule has 0 aliphatic heterocycles. The normalized spacial score (nSPS) is 10.7. The number of aromatic nitrogens is 3. The molecule has 3 rings (SSSR count). The highest BCUT2D eigenvalue weighted by Crippen LogP contribution is 2.29. The molecule has 0 atom stereocenters. The van der Waals surface area contributed by atoms with Crippen LogP contribution in [0.3, 0.4) is 0 Å². The van der Waals surface area contributed by atoms with Crippen molar-refractivity contribution in [2.24, 2.45) is 0 Å². The summed E-state index contributed by atoms with van der Waals surface area (Å²) in [7, 11) is 0. The van der Waals surface area contributed by atoms with Gasteiger partial charge < -0.3 is 4.52 Å². The molecule has 0 aliphatic carbocycles. The molecule has 0 unspecified atom stereocenters. The van der Waals surface area contributed by atoms with Gasteiger partial charge >= 0.3 is 5.63 Å². The van der Waals surface area contributed by atoms with Crippen LogP contribution in [0.1, 0.15) is 5.82 Å². The number of halogens is 1. The van der Waals surface area contributed by atoms with Gasteiger partial charge in [-0.15, -0.1) is 6.58 Å². The van der Waals surface area contributed by atoms with Gasteiger partial charge in [0.15, 0.2) is 0 Å². The molecule has 0 amide bonds. The molecule has 116 valence electrons. The summed E-state index contributed by atoms with van der Waals surface area (Å²) >= 11 is 0. The lowest BCUT2D eigenvalue weighted by Gasteiger charge is -2.06. The zero-order valence-corrected chi connectivity index (χ0v) is 12.5. The summed E-state index contributed by atoms with van der Waals surface area (Å²) < 4.78 is 19.9. The topological polar surface area (TPSA) is 60.9 Å². The minimum absolute atomic E-state index is 0.314. The SMILES string of the molecule is C=CCn1oc(=O)c(-c2ccc(F)cc2)c1-c1ccnc(C)n1. The Morgan fingerprint density at radius 2 is 2.04 bits per heavy atom. The largest absolute Gasteiger partial charge is 0.366 e. The van der Waals surface area contributed by atoms with Crippen LogP contribution >= 0.6 is 0 Å². The van der Waals surface area contributed by atoms with Gasteiger partial charge in [0.1, 0.15) is 17.3 Å². The standard InChI is InChI=1S/C17H14FN3O2/c1-3-10-21-16(14-8-9-19-11(2)20-14)15(17(22)23-21)12-4-6-13(18)7-5-12/h3-9H,1,10H2,2H3. The van der Waals surface area contributed by atoms with E-state index in [1.807, 2.05) is 0 Å². The second-order valence-corrected chi connectivity index (χ2v) is 4.95. The van der Waals surface area contributed by atoms with E-state index in [1.165, 1.54) is 29.0 Å². The van der Waals surface area contributed by atoms with Crippen LogP contribution in [0.2, 0.25) is 0 Å². The lowest BCUT2D eigenvalue weighted by molar-refractivity contribution is 0.273. The highest BCUT2D eigenvalue weighted by atomic mass is 19.1. The Morgan fingerprint density at radius 3 is 2.70 bits per heavy atom. The molecule has 0 spiro atoms. The summed E-state index contributed by atoms with van der Waals surface area (Å²) in [5, 5.41) is 0. The molecule has 0 saturated carbocycles. The van der Waals surface area contributed by atoms with E-state index < -0.39 is 5.63 Å². The monoisotopic (exact) mass is 311 g/mol. The molecule has 23 heavy (non-hydrogen) atoms. The third kappa shape index (κ3) is 2.83. The van der Waals surface area contributed by atoms with Gasteiger partial charge in [-0.1, -0.05) is 18.2 Å². The van der Waals surface area contributed by atoms with Gasteiger partial charge in [-0.25, -0.2) is 19.2 Å². The summed E-state index contributed by atoms with van der Waals surface area (Å²) in [6.45, 7) is 5.74. The highest BCUT2D eigenvalue weighted by Gasteiger charge is 2.21. The number of hydrogen-bond donors (Lipinski definition) is 0. The maximum Gasteiger partial charge on any atom is 0.366 e. The van der Waals surface area contributed by atoms with Gasteiger partial charge in [0.25, 0.3) is 0 Å². The van der Waals surface area contributed by atoms with Crippen molar-refractivity contribution >= 4 is 0 Å². The smallest absolute Gasteiger partial charge is 0.335 e. The van der Waals surface area contributed by atoms with Gasteiger partial charge in [-0.3, -0.25) is 0 Å². The Balaban J connectivity index is 2.29. The Labute approximate surface area is 131 Å². The molecular formula is C17H14FN3O2. The predicted octanol–water partition coefficient (Wildman–Crippen LogP) is 3.20. The van der Waals surface area contributed by atoms with Crippen molar-refractivity contribution in [2.45, 2.75) is 13.5 Å². The molecular weight excluding hydrogens is 297 g/mol. The van der Waals surface area contributed by atoms with E-state index in [4.69, 9.17) is 4.52 Å². The fourth-order valence-corrected chi connectivity index (χ4v) is 2.37. The maximum absolute atomic E-state index is 13.2. The zero-order valence-electron chi connectivity index (χ0n) is 12.5. The van der Waals surface area contributed by atoms with Crippen LogP contribution in [0.5, 0.6) is 0 Å². The van der Waals surface area contributed by atoms with Crippen LogP contribution < -0.4 is 5.63 Å². The predicted molar refractivity (Wildman–Crippen MR) is 84.3 cm³/mol. The van der Waals surface area contributed by atoms with Crippen LogP contribution in [0.25, 0.3) is 22.5 Å². The lowest BCUT2D eigenvalue weighted by atomic mass is 10.0. The third-order valence-electron chi connectivity index (χ3n) is 3.33. The summed E-state index contributed by atoms with van der Waals surface area (Å²) in [5.74, 6) is 0.203. The first-order valence-corrected chi connectivity index (χ1v) is 7.01. The average Bonchev–Trinajstić information content (AvgIpc) is 2.85. The molecule has 0 fully saturated rings. The van der Waals surface area contributed by atoms with Crippen molar-refractivity contribution in [1.82, 2.24) is 14.7 Å². The first-order valence-electron chi connectivity index (χ1n) is 7.01. The Morgan fingerprint density at radius 1 is 1.30 bits per heavy atom. The minimum Gasteiger partial charge on any atom is -0.335 e. The highest BCUT2D eigenvalue weighted by molar-refractivity contribution is 5.78. The lowest BCUT2D eigenvalue weighted by Crippen LogP contribution is -2.00. The van der Waals surface area contributed by atoms with Crippen molar-refractivity contribution < 1.29 is 8.91 Å². The minimum atomic E-state index is -0.510. The Bertz CT molecular complexity index is 910. The summed E-state index contributed by atoms with van der Waals surface area (Å²) in [5.41, 5.74) is 1.47. The molecule has 1 aromatic carbocycles. The number of aryl methyl sites for hydroxylation is 1. The van der Waals surface area contributed by atoms with Gasteiger partial charge in [-0.05, 0) is 30.7 Å². The van der Waals surface area contributed by atoms with Gasteiger partial charge in [0, 0.05) is 6.20 Å². The molecule has 0 saturated heterocycles. The van der Waals surface area contributed by atoms with Gasteiger partial charge in [0.05, 0.1) is 17.8 Å². The molecule has 0 bridgehead atoms. The van der Waals surface area contributed by atoms with Crippen molar-refractivity contribution in [3.8, 4) is 22.5 Å². The summed E-state index contributed by atoms with van der Waals surface area (Å²) in [4.78, 5) is 20.7. The Hall–Kier alpha value is -3.02. The molecule has 2 aromatic heterocycles. The van der Waals surface area contributed by atoms with E-state index in [-0.39, 0.29) is 5.82 Å². The second kappa shape index (κ2) is 6.00. The molecule has 0 N–H and O–H groups in total. The van der Waals surface area contributed by atoms with Crippen molar-refractivity contribution in [3.63, 3.8) is 0 Å². The zero-order chi connectivity index (χ0) is 16.4. The van der Waals surface area contributed by atoms with E-state index in [2.05, 4.69) is 16.5 Å². The maximum atomic E-state index is 13.2. The van der Waals surface area contributed by atoms with Crippen LogP contribution in [0.15, 0.2) is 58.5 Å². The van der Waals surface area contributed by atoms with Crippen LogP contribution in [0, 0.1) is 12.7 Å². The molecule has 5 nitrogen and oxygen atoms in total. The first kappa shape index (κ1) is 14.9. The third-order valence-corrected chi connectivity index (χ3v) is 3.33. The van der Waals surface area contributed by atoms with E-state index in [0.29, 0.717) is 34.9 Å². The van der Waals surface area contributed by atoms with Crippen LogP contribution in [0.4, 0.5) is 4.39 Å². The number of rotatable bonds is 4. The van der Waals surface area contributed by atoms with Crippen molar-refractivity contribution in [1.29, 1.82) is 0 Å². The molecule has 0 radical (unpaired) electrons. The van der Waals surface area contributed by atoms with Crippen molar-refractivity contribution in [2.75, 3.05) is 0 Å². The van der Waals surface area contributed by atoms with Crippen LogP contribution in [-0.4, -0.2) is 14.7 Å². The number of nitrogens with zero attached hydrogens (tertiary/aromatic N) is 3.